The molecule has 5 aromatic carbocycles. The molecule has 1 aliphatic rings. The first-order chi connectivity index (χ1) is 22.3. The predicted octanol–water partition coefficient (Wildman–Crippen LogP) is 9.07. The third kappa shape index (κ3) is 5.20. The highest BCUT2D eigenvalue weighted by atomic mass is 32.2. The highest BCUT2D eigenvalue weighted by Crippen LogP contribution is 2.51. The highest BCUT2D eigenvalue weighted by molar-refractivity contribution is 8.00. The molecule has 3 N–H and O–H groups in total. The van der Waals surface area contributed by atoms with Crippen LogP contribution in [-0.4, -0.2) is 15.5 Å². The number of rotatable bonds is 9. The second-order valence-electron chi connectivity index (χ2n) is 11.4. The first-order valence-corrected chi connectivity index (χ1v) is 15.7. The van der Waals surface area contributed by atoms with Crippen LogP contribution in [0.15, 0.2) is 126 Å². The number of primary amides is 1. The van der Waals surface area contributed by atoms with Gasteiger partial charge in [0.05, 0.1) is 28.3 Å². The van der Waals surface area contributed by atoms with Gasteiger partial charge < -0.3 is 15.0 Å². The summed E-state index contributed by atoms with van der Waals surface area (Å²) in [7, 11) is 0. The number of nitrogens with zero attached hydrogens (tertiary/aromatic N) is 2. The number of nitrogens with two attached hydrogens (primary N) is 1. The van der Waals surface area contributed by atoms with Gasteiger partial charge in [-0.25, -0.2) is 4.98 Å². The number of carbonyl (C=O) groups is 1. The van der Waals surface area contributed by atoms with Gasteiger partial charge in [0.15, 0.2) is 0 Å². The van der Waals surface area contributed by atoms with Crippen LogP contribution >= 0.6 is 11.9 Å². The van der Waals surface area contributed by atoms with Gasteiger partial charge >= 0.3 is 6.18 Å². The average molecular weight is 635 g/mol. The molecule has 0 fully saturated rings. The van der Waals surface area contributed by atoms with E-state index in [4.69, 9.17) is 5.73 Å². The van der Waals surface area contributed by atoms with Crippen molar-refractivity contribution in [2.75, 3.05) is 4.72 Å². The number of imidazole rings is 1. The molecule has 0 saturated heterocycles. The Morgan fingerprint density at radius 2 is 1.46 bits per heavy atom. The summed E-state index contributed by atoms with van der Waals surface area (Å²) in [6, 6.07) is 34.8. The number of halogens is 3. The van der Waals surface area contributed by atoms with E-state index in [9.17, 15) is 18.0 Å². The predicted molar refractivity (Wildman–Crippen MR) is 177 cm³/mol. The van der Waals surface area contributed by atoms with Crippen molar-refractivity contribution < 1.29 is 18.0 Å². The number of benzene rings is 5. The Labute approximate surface area is 268 Å². The lowest BCUT2D eigenvalue weighted by Crippen LogP contribution is -2.41. The summed E-state index contributed by atoms with van der Waals surface area (Å²) >= 11 is 1.39. The molecular formula is C37H29F3N4OS. The monoisotopic (exact) mass is 634 g/mol. The minimum absolute atomic E-state index is 0.339. The summed E-state index contributed by atoms with van der Waals surface area (Å²) in [6.07, 6.45) is -1.27. The van der Waals surface area contributed by atoms with Crippen LogP contribution in [0.3, 0.4) is 0 Å². The summed E-state index contributed by atoms with van der Waals surface area (Å²) in [6.45, 7) is 0.665. The number of hydrogen-bond donors (Lipinski definition) is 2. The summed E-state index contributed by atoms with van der Waals surface area (Å²) in [5.41, 5.74) is 12.8. The second kappa shape index (κ2) is 11.7. The molecule has 0 spiro atoms. The van der Waals surface area contributed by atoms with Gasteiger partial charge in [-0.2, -0.15) is 13.2 Å². The highest BCUT2D eigenvalue weighted by Gasteiger charge is 2.47. The number of fused-ring (bicyclic) bond motifs is 4. The SMILES string of the molecule is NC(=O)C1(CCCn2cnc3cc(NSc4ccccc4-c4ccc(C(F)(F)F)cc4)ccc32)c2ccccc2-c2ccccc21. The lowest BCUT2D eigenvalue weighted by Gasteiger charge is -2.28. The largest absolute Gasteiger partial charge is 0.416 e. The van der Waals surface area contributed by atoms with E-state index >= 15 is 0 Å². The van der Waals surface area contributed by atoms with E-state index in [0.717, 1.165) is 61.6 Å². The minimum Gasteiger partial charge on any atom is -0.369 e. The van der Waals surface area contributed by atoms with E-state index in [1.54, 1.807) is 0 Å². The van der Waals surface area contributed by atoms with Crippen molar-refractivity contribution in [2.24, 2.45) is 5.73 Å². The Bertz CT molecular complexity index is 2020. The smallest absolute Gasteiger partial charge is 0.369 e. The van der Waals surface area contributed by atoms with Crippen molar-refractivity contribution in [3.8, 4) is 22.3 Å². The van der Waals surface area contributed by atoms with Crippen molar-refractivity contribution in [1.29, 1.82) is 0 Å². The summed E-state index contributed by atoms with van der Waals surface area (Å²) in [5, 5.41) is 0. The third-order valence-electron chi connectivity index (χ3n) is 8.75. The lowest BCUT2D eigenvalue weighted by molar-refractivity contribution is -0.137. The fraction of sp³-hybridized carbons (Fsp3) is 0.135. The molecule has 0 aliphatic heterocycles. The molecule has 1 aromatic heterocycles. The van der Waals surface area contributed by atoms with Gasteiger partial charge in [0.2, 0.25) is 5.91 Å². The number of nitrogens with one attached hydrogen (secondary N) is 1. The van der Waals surface area contributed by atoms with Gasteiger partial charge in [0, 0.05) is 17.1 Å². The molecule has 230 valence electrons. The zero-order valence-corrected chi connectivity index (χ0v) is 25.4. The Balaban J connectivity index is 1.06. The molecular weight excluding hydrogens is 605 g/mol. The molecule has 1 aliphatic carbocycles. The van der Waals surface area contributed by atoms with Crippen molar-refractivity contribution in [3.63, 3.8) is 0 Å². The van der Waals surface area contributed by atoms with Gasteiger partial charge in [-0.1, -0.05) is 78.9 Å². The van der Waals surface area contributed by atoms with Crippen LogP contribution in [0.4, 0.5) is 18.9 Å². The molecule has 0 saturated carbocycles. The Morgan fingerprint density at radius 1 is 0.826 bits per heavy atom. The molecule has 0 bridgehead atoms. The van der Waals surface area contributed by atoms with Crippen molar-refractivity contribution in [3.05, 3.63) is 138 Å². The normalized spacial score (nSPS) is 13.4. The standard InChI is InChI=1S/C37H29F3N4OS/c38-37(39,40)25-16-14-24(15-17-25)27-8-3-6-13-34(27)46-43-26-18-19-33-32(22-26)42-23-44(33)21-7-20-36(35(41)45)30-11-4-1-9-28(30)29-10-2-5-12-31(29)36/h1-6,8-19,22-23,43H,7,20-21H2,(H2,41,45). The fourth-order valence-corrected chi connectivity index (χ4v) is 7.35. The summed E-state index contributed by atoms with van der Waals surface area (Å²) in [4.78, 5) is 18.7. The van der Waals surface area contributed by atoms with Gasteiger partial charge in [-0.15, -0.1) is 0 Å². The molecule has 1 heterocycles. The maximum absolute atomic E-state index is 13.2. The maximum atomic E-state index is 13.2. The fourth-order valence-electron chi connectivity index (χ4n) is 6.55. The molecule has 7 rings (SSSR count). The van der Waals surface area contributed by atoms with Crippen LogP contribution in [0.25, 0.3) is 33.3 Å². The number of hydrogen-bond acceptors (Lipinski definition) is 4. The third-order valence-corrected chi connectivity index (χ3v) is 9.66. The van der Waals surface area contributed by atoms with Crippen LogP contribution in [0.1, 0.15) is 29.5 Å². The van der Waals surface area contributed by atoms with Gasteiger partial charge in [-0.05, 0) is 94.6 Å². The van der Waals surface area contributed by atoms with Crippen LogP contribution < -0.4 is 10.5 Å². The molecule has 0 radical (unpaired) electrons. The van der Waals surface area contributed by atoms with E-state index in [1.165, 1.54) is 24.1 Å². The van der Waals surface area contributed by atoms with Crippen molar-refractivity contribution >= 4 is 34.6 Å². The van der Waals surface area contributed by atoms with Gasteiger partial charge in [-0.3, -0.25) is 4.79 Å². The quantitative estimate of drug-likeness (QED) is 0.156. The number of alkyl halides is 3. The zero-order chi connectivity index (χ0) is 31.9. The molecule has 5 nitrogen and oxygen atoms in total. The van der Waals surface area contributed by atoms with Crippen molar-refractivity contribution in [1.82, 2.24) is 9.55 Å². The van der Waals surface area contributed by atoms with E-state index in [1.807, 2.05) is 85.2 Å². The van der Waals surface area contributed by atoms with Crippen LogP contribution in [0, 0.1) is 0 Å². The lowest BCUT2D eigenvalue weighted by atomic mass is 9.74. The van der Waals surface area contributed by atoms with Gasteiger partial charge in [0.1, 0.15) is 0 Å². The summed E-state index contributed by atoms with van der Waals surface area (Å²) in [5.74, 6) is -0.339. The van der Waals surface area contributed by atoms with E-state index in [2.05, 4.69) is 26.4 Å². The Morgan fingerprint density at radius 3 is 2.11 bits per heavy atom. The Kier molecular flexibility index (Phi) is 7.56. The molecule has 1 amide bonds. The number of anilines is 1. The summed E-state index contributed by atoms with van der Waals surface area (Å²) < 4.78 is 44.6. The number of carbonyl (C=O) groups excluding carboxylic acids is 1. The molecule has 0 atom stereocenters. The number of amides is 1. The Hall–Kier alpha value is -5.02. The van der Waals surface area contributed by atoms with Crippen LogP contribution in [0.2, 0.25) is 0 Å². The number of aryl methyl sites for hydroxylation is 1. The van der Waals surface area contributed by atoms with Crippen LogP contribution in [0.5, 0.6) is 0 Å². The first-order valence-electron chi connectivity index (χ1n) is 14.9. The maximum Gasteiger partial charge on any atom is 0.416 e. The van der Waals surface area contributed by atoms with E-state index in [-0.39, 0.29) is 5.91 Å². The topological polar surface area (TPSA) is 72.9 Å². The molecule has 0 unspecified atom stereocenters. The van der Waals surface area contributed by atoms with Crippen LogP contribution in [-0.2, 0) is 22.9 Å². The van der Waals surface area contributed by atoms with Gasteiger partial charge in [0.25, 0.3) is 0 Å². The van der Waals surface area contributed by atoms with E-state index < -0.39 is 17.2 Å². The van der Waals surface area contributed by atoms with E-state index in [0.29, 0.717) is 24.9 Å². The van der Waals surface area contributed by atoms with Crippen molar-refractivity contribution in [2.45, 2.75) is 35.9 Å². The number of aromatic nitrogens is 2. The molecule has 46 heavy (non-hydrogen) atoms. The molecule has 9 heteroatoms. The minimum atomic E-state index is -4.37. The molecule has 6 aromatic rings. The average Bonchev–Trinajstić information content (AvgIpc) is 3.60. The first kappa shape index (κ1) is 29.7. The second-order valence-corrected chi connectivity index (χ2v) is 12.2. The zero-order valence-electron chi connectivity index (χ0n) is 24.6.